The number of hydrogen-bond donors (Lipinski definition) is 2. The third-order valence-electron chi connectivity index (χ3n) is 2.85. The molecule has 4 nitrogen and oxygen atoms in total. The van der Waals surface area contributed by atoms with Gasteiger partial charge in [0.15, 0.2) is 0 Å². The lowest BCUT2D eigenvalue weighted by Gasteiger charge is -2.17. The number of aryl methyl sites for hydroxylation is 2. The Morgan fingerprint density at radius 2 is 2.50 bits per heavy atom. The van der Waals surface area contributed by atoms with E-state index in [2.05, 4.69) is 10.4 Å². The van der Waals surface area contributed by atoms with Crippen LogP contribution in [0.15, 0.2) is 6.20 Å². The van der Waals surface area contributed by atoms with Crippen LogP contribution >= 0.6 is 0 Å². The third kappa shape index (κ3) is 1.67. The lowest BCUT2D eigenvalue weighted by atomic mass is 10.0. The van der Waals surface area contributed by atoms with Crippen molar-refractivity contribution in [3.8, 4) is 0 Å². The summed E-state index contributed by atoms with van der Waals surface area (Å²) in [6.45, 7) is 2.95. The molecule has 2 rings (SSSR count). The smallest absolute Gasteiger partial charge is 0.0975 e. The van der Waals surface area contributed by atoms with Crippen LogP contribution in [0.25, 0.3) is 0 Å². The number of nitrogens with one attached hydrogen (secondary N) is 1. The monoisotopic (exact) mass is 195 g/mol. The topological polar surface area (TPSA) is 50.1 Å². The summed E-state index contributed by atoms with van der Waals surface area (Å²) in [6.07, 6.45) is 3.70. The van der Waals surface area contributed by atoms with Gasteiger partial charge in [-0.2, -0.15) is 5.10 Å². The molecule has 0 amide bonds. The second-order valence-corrected chi connectivity index (χ2v) is 3.99. The molecule has 1 aromatic heterocycles. The molecule has 1 fully saturated rings. The minimum atomic E-state index is -0.411. The molecule has 0 bridgehead atoms. The fraction of sp³-hybridized carbons (Fsp3) is 0.700. The largest absolute Gasteiger partial charge is 0.387 e. The molecule has 1 saturated heterocycles. The number of aliphatic hydroxyl groups is 1. The molecule has 2 atom stereocenters. The van der Waals surface area contributed by atoms with Gasteiger partial charge in [-0.3, -0.25) is 4.68 Å². The molecule has 1 unspecified atom stereocenters. The van der Waals surface area contributed by atoms with Crippen molar-refractivity contribution in [1.82, 2.24) is 15.1 Å². The van der Waals surface area contributed by atoms with E-state index in [1.165, 1.54) is 0 Å². The van der Waals surface area contributed by atoms with Gasteiger partial charge >= 0.3 is 0 Å². The Balaban J connectivity index is 2.17. The van der Waals surface area contributed by atoms with Crippen molar-refractivity contribution >= 4 is 0 Å². The average Bonchev–Trinajstić information content (AvgIpc) is 2.73. The van der Waals surface area contributed by atoms with E-state index in [1.54, 1.807) is 4.68 Å². The summed E-state index contributed by atoms with van der Waals surface area (Å²) in [6, 6.07) is 0.206. The van der Waals surface area contributed by atoms with Crippen molar-refractivity contribution in [2.45, 2.75) is 31.9 Å². The maximum atomic E-state index is 10.1. The lowest BCUT2D eigenvalue weighted by molar-refractivity contribution is 0.137. The van der Waals surface area contributed by atoms with Gasteiger partial charge < -0.3 is 10.4 Å². The molecule has 2 heterocycles. The van der Waals surface area contributed by atoms with Gasteiger partial charge in [-0.05, 0) is 26.3 Å². The van der Waals surface area contributed by atoms with Crippen LogP contribution in [0.3, 0.4) is 0 Å². The first-order valence-electron chi connectivity index (χ1n) is 5.10. The Kier molecular flexibility index (Phi) is 2.56. The highest BCUT2D eigenvalue weighted by atomic mass is 16.3. The van der Waals surface area contributed by atoms with Gasteiger partial charge in [0, 0.05) is 24.8 Å². The highest BCUT2D eigenvalue weighted by Crippen LogP contribution is 2.24. The van der Waals surface area contributed by atoms with Crippen molar-refractivity contribution in [2.75, 3.05) is 6.54 Å². The molecule has 2 N–H and O–H groups in total. The predicted octanol–water partition coefficient (Wildman–Crippen LogP) is 0.514. The Hall–Kier alpha value is -0.870. The highest BCUT2D eigenvalue weighted by molar-refractivity contribution is 5.20. The maximum Gasteiger partial charge on any atom is 0.0975 e. The van der Waals surface area contributed by atoms with Crippen LogP contribution in [-0.4, -0.2) is 27.5 Å². The summed E-state index contributed by atoms with van der Waals surface area (Å²) >= 11 is 0. The van der Waals surface area contributed by atoms with Crippen LogP contribution in [0.4, 0.5) is 0 Å². The SMILES string of the molecule is Cc1nn(C)cc1C(O)[C@H]1CCCN1. The molecule has 0 spiro atoms. The van der Waals surface area contributed by atoms with E-state index in [1.807, 2.05) is 20.2 Å². The molecule has 0 radical (unpaired) electrons. The highest BCUT2D eigenvalue weighted by Gasteiger charge is 2.26. The molecule has 0 aliphatic carbocycles. The van der Waals surface area contributed by atoms with Crippen molar-refractivity contribution in [2.24, 2.45) is 7.05 Å². The Morgan fingerprint density at radius 3 is 3.00 bits per heavy atom. The molecular formula is C10H17N3O. The molecule has 78 valence electrons. The molecule has 1 aliphatic rings. The number of hydrogen-bond acceptors (Lipinski definition) is 3. The number of rotatable bonds is 2. The van der Waals surface area contributed by atoms with E-state index >= 15 is 0 Å². The van der Waals surface area contributed by atoms with E-state index < -0.39 is 6.10 Å². The second-order valence-electron chi connectivity index (χ2n) is 3.99. The molecular weight excluding hydrogens is 178 g/mol. The fourth-order valence-corrected chi connectivity index (χ4v) is 2.11. The van der Waals surface area contributed by atoms with Crippen molar-refractivity contribution in [3.63, 3.8) is 0 Å². The van der Waals surface area contributed by atoms with Gasteiger partial charge in [-0.15, -0.1) is 0 Å². The zero-order chi connectivity index (χ0) is 10.1. The van der Waals surface area contributed by atoms with Crippen LogP contribution in [0.2, 0.25) is 0 Å². The quantitative estimate of drug-likeness (QED) is 0.723. The van der Waals surface area contributed by atoms with E-state index in [0.29, 0.717) is 0 Å². The van der Waals surface area contributed by atoms with Crippen LogP contribution in [0.1, 0.15) is 30.2 Å². The van der Waals surface area contributed by atoms with Gasteiger partial charge in [0.25, 0.3) is 0 Å². The Morgan fingerprint density at radius 1 is 1.71 bits per heavy atom. The summed E-state index contributed by atoms with van der Waals surface area (Å²) in [4.78, 5) is 0. The molecule has 0 saturated carbocycles. The lowest BCUT2D eigenvalue weighted by Crippen LogP contribution is -2.28. The molecule has 14 heavy (non-hydrogen) atoms. The third-order valence-corrected chi connectivity index (χ3v) is 2.85. The molecule has 4 heteroatoms. The summed E-state index contributed by atoms with van der Waals surface area (Å²) in [7, 11) is 1.88. The van der Waals surface area contributed by atoms with Crippen LogP contribution in [0.5, 0.6) is 0 Å². The van der Waals surface area contributed by atoms with Gasteiger partial charge in [0.05, 0.1) is 11.8 Å². The van der Waals surface area contributed by atoms with E-state index in [9.17, 15) is 5.11 Å². The van der Waals surface area contributed by atoms with Crippen molar-refractivity contribution in [1.29, 1.82) is 0 Å². The van der Waals surface area contributed by atoms with Crippen LogP contribution in [0, 0.1) is 6.92 Å². The summed E-state index contributed by atoms with van der Waals surface area (Å²) in [5, 5.41) is 17.6. The first-order valence-corrected chi connectivity index (χ1v) is 5.10. The maximum absolute atomic E-state index is 10.1. The summed E-state index contributed by atoms with van der Waals surface area (Å²) in [5.74, 6) is 0. The number of nitrogens with zero attached hydrogens (tertiary/aromatic N) is 2. The van der Waals surface area contributed by atoms with E-state index in [-0.39, 0.29) is 6.04 Å². The first-order chi connectivity index (χ1) is 6.68. The Bertz CT molecular complexity index is 315. The number of aliphatic hydroxyl groups excluding tert-OH is 1. The zero-order valence-corrected chi connectivity index (χ0v) is 8.70. The average molecular weight is 195 g/mol. The minimum Gasteiger partial charge on any atom is -0.387 e. The van der Waals surface area contributed by atoms with Crippen LogP contribution < -0.4 is 5.32 Å². The second kappa shape index (κ2) is 3.71. The summed E-state index contributed by atoms with van der Waals surface area (Å²) in [5.41, 5.74) is 1.88. The molecule has 1 aromatic rings. The summed E-state index contributed by atoms with van der Waals surface area (Å²) < 4.78 is 1.75. The first kappa shape index (κ1) is 9.68. The van der Waals surface area contributed by atoms with E-state index in [4.69, 9.17) is 0 Å². The normalized spacial score (nSPS) is 24.1. The molecule has 1 aliphatic heterocycles. The van der Waals surface area contributed by atoms with Crippen molar-refractivity contribution < 1.29 is 5.11 Å². The molecule has 0 aromatic carbocycles. The van der Waals surface area contributed by atoms with Gasteiger partial charge in [-0.25, -0.2) is 0 Å². The van der Waals surface area contributed by atoms with Gasteiger partial charge in [0.1, 0.15) is 0 Å². The van der Waals surface area contributed by atoms with E-state index in [0.717, 1.165) is 30.6 Å². The van der Waals surface area contributed by atoms with Gasteiger partial charge in [0.2, 0.25) is 0 Å². The predicted molar refractivity (Wildman–Crippen MR) is 53.9 cm³/mol. The van der Waals surface area contributed by atoms with Gasteiger partial charge in [-0.1, -0.05) is 0 Å². The zero-order valence-electron chi connectivity index (χ0n) is 8.70. The Labute approximate surface area is 83.9 Å². The van der Waals surface area contributed by atoms with Crippen LogP contribution in [-0.2, 0) is 7.05 Å². The standard InChI is InChI=1S/C10H17N3O/c1-7-8(6-13(2)12-7)10(14)9-4-3-5-11-9/h6,9-11,14H,3-5H2,1-2H3/t9-,10?/m1/s1. The fourth-order valence-electron chi connectivity index (χ4n) is 2.11. The van der Waals surface area contributed by atoms with Crippen molar-refractivity contribution in [3.05, 3.63) is 17.5 Å². The minimum absolute atomic E-state index is 0.206. The number of aromatic nitrogens is 2.